The number of nitrogens with zero attached hydrogens (tertiary/aromatic N) is 2. The summed E-state index contributed by atoms with van der Waals surface area (Å²) < 4.78 is 6.58. The molecule has 0 bridgehead atoms. The summed E-state index contributed by atoms with van der Waals surface area (Å²) in [5, 5.41) is 3.28. The van der Waals surface area contributed by atoms with Crippen molar-refractivity contribution in [1.82, 2.24) is 9.55 Å². The summed E-state index contributed by atoms with van der Waals surface area (Å²) in [7, 11) is 0. The third-order valence-corrected chi connectivity index (χ3v) is 5.03. The monoisotopic (exact) mass is 375 g/mol. The molecule has 7 heteroatoms. The average molecular weight is 376 g/mol. The molecule has 6 nitrogen and oxygen atoms in total. The number of carbonyl (C=O) groups is 1. The topological polar surface area (TPSA) is 73.2 Å². The number of ether oxygens (including phenoxy) is 1. The number of esters is 1. The molecule has 0 saturated heterocycles. The van der Waals surface area contributed by atoms with Crippen LogP contribution in [0.2, 0.25) is 5.15 Å². The maximum atomic E-state index is 12.6. The van der Waals surface area contributed by atoms with Gasteiger partial charge >= 0.3 is 5.97 Å². The van der Waals surface area contributed by atoms with Crippen molar-refractivity contribution in [2.75, 3.05) is 11.9 Å². The molecule has 3 rings (SSSR count). The third-order valence-electron chi connectivity index (χ3n) is 4.67. The van der Waals surface area contributed by atoms with Crippen LogP contribution < -0.4 is 10.9 Å². The Balaban J connectivity index is 1.68. The first-order valence-corrected chi connectivity index (χ1v) is 9.12. The van der Waals surface area contributed by atoms with Gasteiger partial charge in [-0.3, -0.25) is 14.2 Å². The lowest BCUT2D eigenvalue weighted by Gasteiger charge is -2.25. The standard InChI is InChI=1S/C19H22ClN3O3/c1-13-17(20)22-18(21-10-14-8-5-9-14)19(25)23(13)11-16(24)26-12-15-6-3-2-4-7-15/h2-4,6-7,14H,5,8-12H2,1H3,(H,21,22). The van der Waals surface area contributed by atoms with Crippen LogP contribution in [0.15, 0.2) is 35.1 Å². The van der Waals surface area contributed by atoms with E-state index in [2.05, 4.69) is 10.3 Å². The molecule has 0 amide bonds. The third kappa shape index (κ3) is 4.43. The first-order chi connectivity index (χ1) is 12.5. The van der Waals surface area contributed by atoms with Crippen molar-refractivity contribution in [3.05, 3.63) is 57.1 Å². The molecule has 0 spiro atoms. The summed E-state index contributed by atoms with van der Waals surface area (Å²) in [6, 6.07) is 9.39. The second kappa shape index (κ2) is 8.36. The predicted octanol–water partition coefficient (Wildman–Crippen LogP) is 3.16. The minimum atomic E-state index is -0.494. The number of hydrogen-bond donors (Lipinski definition) is 1. The van der Waals surface area contributed by atoms with E-state index in [9.17, 15) is 9.59 Å². The Morgan fingerprint density at radius 3 is 2.73 bits per heavy atom. The molecule has 0 radical (unpaired) electrons. The Labute approximate surface area is 157 Å². The summed E-state index contributed by atoms with van der Waals surface area (Å²) in [6.07, 6.45) is 3.55. The number of halogens is 1. The Hall–Kier alpha value is -2.34. The largest absolute Gasteiger partial charge is 0.459 e. The van der Waals surface area contributed by atoms with E-state index >= 15 is 0 Å². The lowest BCUT2D eigenvalue weighted by molar-refractivity contribution is -0.145. The number of nitrogens with one attached hydrogen (secondary N) is 1. The number of hydrogen-bond acceptors (Lipinski definition) is 5. The highest BCUT2D eigenvalue weighted by atomic mass is 35.5. The second-order valence-electron chi connectivity index (χ2n) is 6.55. The van der Waals surface area contributed by atoms with Gasteiger partial charge in [-0.1, -0.05) is 48.4 Å². The lowest BCUT2D eigenvalue weighted by Crippen LogP contribution is -2.32. The summed E-state index contributed by atoms with van der Waals surface area (Å²) in [5.41, 5.74) is 0.978. The Morgan fingerprint density at radius 1 is 1.35 bits per heavy atom. The van der Waals surface area contributed by atoms with Crippen LogP contribution in [0.25, 0.3) is 0 Å². The quantitative estimate of drug-likeness (QED) is 0.752. The molecule has 138 valence electrons. The van der Waals surface area contributed by atoms with Crippen molar-refractivity contribution in [1.29, 1.82) is 0 Å². The molecule has 2 aromatic rings. The zero-order chi connectivity index (χ0) is 18.5. The minimum Gasteiger partial charge on any atom is -0.459 e. The van der Waals surface area contributed by atoms with E-state index in [4.69, 9.17) is 16.3 Å². The van der Waals surface area contributed by atoms with Crippen LogP contribution in [0.3, 0.4) is 0 Å². The number of carbonyl (C=O) groups excluding carboxylic acids is 1. The van der Waals surface area contributed by atoms with Gasteiger partial charge in [0.25, 0.3) is 5.56 Å². The maximum absolute atomic E-state index is 12.6. The van der Waals surface area contributed by atoms with E-state index in [-0.39, 0.29) is 29.7 Å². The molecule has 1 aromatic carbocycles. The van der Waals surface area contributed by atoms with Gasteiger partial charge in [0.1, 0.15) is 13.2 Å². The van der Waals surface area contributed by atoms with Crippen molar-refractivity contribution in [2.24, 2.45) is 5.92 Å². The van der Waals surface area contributed by atoms with Crippen LogP contribution in [0, 0.1) is 12.8 Å². The number of benzene rings is 1. The molecule has 26 heavy (non-hydrogen) atoms. The summed E-state index contributed by atoms with van der Waals surface area (Å²) in [4.78, 5) is 28.9. The predicted molar refractivity (Wildman–Crippen MR) is 100 cm³/mol. The molecule has 0 atom stereocenters. The molecule has 1 fully saturated rings. The number of rotatable bonds is 7. The highest BCUT2D eigenvalue weighted by Gasteiger charge is 2.20. The van der Waals surface area contributed by atoms with Gasteiger partial charge < -0.3 is 10.1 Å². The van der Waals surface area contributed by atoms with Gasteiger partial charge in [-0.25, -0.2) is 4.98 Å². The van der Waals surface area contributed by atoms with Gasteiger partial charge in [0.05, 0.1) is 5.69 Å². The van der Waals surface area contributed by atoms with Gasteiger partial charge in [0, 0.05) is 6.54 Å². The molecule has 0 unspecified atom stereocenters. The maximum Gasteiger partial charge on any atom is 0.326 e. The SMILES string of the molecule is Cc1c(Cl)nc(NCC2CCC2)c(=O)n1CC(=O)OCc1ccccc1. The van der Waals surface area contributed by atoms with Gasteiger partial charge in [-0.05, 0) is 31.2 Å². The lowest BCUT2D eigenvalue weighted by atomic mass is 9.85. The smallest absolute Gasteiger partial charge is 0.326 e. The molecule has 1 N–H and O–H groups in total. The zero-order valence-corrected chi connectivity index (χ0v) is 15.5. The van der Waals surface area contributed by atoms with Crippen LogP contribution in [-0.2, 0) is 22.7 Å². The first kappa shape index (κ1) is 18.5. The van der Waals surface area contributed by atoms with Crippen LogP contribution in [-0.4, -0.2) is 22.1 Å². The summed E-state index contributed by atoms with van der Waals surface area (Å²) >= 11 is 6.15. The van der Waals surface area contributed by atoms with Crippen LogP contribution >= 0.6 is 11.6 Å². The summed E-state index contributed by atoms with van der Waals surface area (Å²) in [5.74, 6) is 0.259. The van der Waals surface area contributed by atoms with Crippen molar-refractivity contribution in [2.45, 2.75) is 39.3 Å². The number of anilines is 1. The Morgan fingerprint density at radius 2 is 2.08 bits per heavy atom. The molecule has 1 aliphatic carbocycles. The molecular weight excluding hydrogens is 354 g/mol. The normalized spacial score (nSPS) is 13.9. The fraction of sp³-hybridized carbons (Fsp3) is 0.421. The molecule has 1 aromatic heterocycles. The van der Waals surface area contributed by atoms with Gasteiger partial charge in [-0.2, -0.15) is 0 Å². The van der Waals surface area contributed by atoms with Crippen molar-refractivity contribution in [3.8, 4) is 0 Å². The fourth-order valence-electron chi connectivity index (χ4n) is 2.77. The highest BCUT2D eigenvalue weighted by molar-refractivity contribution is 6.30. The molecule has 0 aliphatic heterocycles. The molecular formula is C19H22ClN3O3. The van der Waals surface area contributed by atoms with E-state index in [1.807, 2.05) is 30.3 Å². The Bertz CT molecular complexity index is 832. The molecule has 1 saturated carbocycles. The highest BCUT2D eigenvalue weighted by Crippen LogP contribution is 2.26. The number of aromatic nitrogens is 2. The van der Waals surface area contributed by atoms with E-state index < -0.39 is 5.97 Å². The second-order valence-corrected chi connectivity index (χ2v) is 6.91. The van der Waals surface area contributed by atoms with Crippen molar-refractivity contribution < 1.29 is 9.53 Å². The fourth-order valence-corrected chi connectivity index (χ4v) is 2.96. The van der Waals surface area contributed by atoms with E-state index in [0.717, 1.165) is 18.4 Å². The van der Waals surface area contributed by atoms with Crippen molar-refractivity contribution >= 4 is 23.4 Å². The summed E-state index contributed by atoms with van der Waals surface area (Å²) in [6.45, 7) is 2.33. The van der Waals surface area contributed by atoms with Crippen LogP contribution in [0.5, 0.6) is 0 Å². The van der Waals surface area contributed by atoms with Crippen molar-refractivity contribution in [3.63, 3.8) is 0 Å². The molecule has 1 heterocycles. The van der Waals surface area contributed by atoms with E-state index in [1.165, 1.54) is 11.0 Å². The zero-order valence-electron chi connectivity index (χ0n) is 14.7. The van der Waals surface area contributed by atoms with E-state index in [1.54, 1.807) is 6.92 Å². The van der Waals surface area contributed by atoms with Gasteiger partial charge in [-0.15, -0.1) is 0 Å². The minimum absolute atomic E-state index is 0.166. The van der Waals surface area contributed by atoms with Gasteiger partial charge in [0.15, 0.2) is 11.0 Å². The average Bonchev–Trinajstić information content (AvgIpc) is 2.60. The van der Waals surface area contributed by atoms with Crippen LogP contribution in [0.4, 0.5) is 5.82 Å². The van der Waals surface area contributed by atoms with Crippen LogP contribution in [0.1, 0.15) is 30.5 Å². The first-order valence-electron chi connectivity index (χ1n) is 8.75. The molecule has 1 aliphatic rings. The Kier molecular flexibility index (Phi) is 5.93. The van der Waals surface area contributed by atoms with Gasteiger partial charge in [0.2, 0.25) is 0 Å². The van der Waals surface area contributed by atoms with E-state index in [0.29, 0.717) is 18.2 Å².